The van der Waals surface area contributed by atoms with Gasteiger partial charge >= 0.3 is 0 Å². The summed E-state index contributed by atoms with van der Waals surface area (Å²) in [6, 6.07) is 16.0. The number of rotatable bonds is 3. The number of hydrogen-bond acceptors (Lipinski definition) is 2. The first kappa shape index (κ1) is 14.8. The van der Waals surface area contributed by atoms with Crippen molar-refractivity contribution in [1.82, 2.24) is 4.90 Å². The van der Waals surface area contributed by atoms with E-state index in [2.05, 4.69) is 54.3 Å². The summed E-state index contributed by atoms with van der Waals surface area (Å²) in [4.78, 5) is 2.70. The van der Waals surface area contributed by atoms with Crippen LogP contribution in [0.4, 0.5) is 0 Å². The second kappa shape index (κ2) is 6.01. The van der Waals surface area contributed by atoms with E-state index in [1.807, 2.05) is 0 Å². The van der Waals surface area contributed by atoms with Crippen LogP contribution in [0, 0.1) is 6.92 Å². The molecule has 1 aliphatic heterocycles. The highest BCUT2D eigenvalue weighted by Gasteiger charge is 2.40. The van der Waals surface area contributed by atoms with Gasteiger partial charge in [-0.05, 0) is 55.5 Å². The lowest BCUT2D eigenvalue weighted by Crippen LogP contribution is -2.35. The largest absolute Gasteiger partial charge is 0.496 e. The van der Waals surface area contributed by atoms with E-state index in [9.17, 15) is 0 Å². The molecule has 2 unspecified atom stereocenters. The number of methoxy groups -OCH3 is 1. The van der Waals surface area contributed by atoms with Crippen molar-refractivity contribution in [2.24, 2.45) is 0 Å². The van der Waals surface area contributed by atoms with Gasteiger partial charge in [-0.3, -0.25) is 4.90 Å². The Balaban J connectivity index is 1.61. The molecule has 0 spiro atoms. The topological polar surface area (TPSA) is 12.5 Å². The van der Waals surface area contributed by atoms with Crippen LogP contribution >= 0.6 is 0 Å². The van der Waals surface area contributed by atoms with Crippen molar-refractivity contribution in [2.75, 3.05) is 13.7 Å². The van der Waals surface area contributed by atoms with Crippen molar-refractivity contribution in [3.8, 4) is 5.75 Å². The Bertz CT molecular complexity index is 694. The maximum atomic E-state index is 5.67. The molecule has 1 fully saturated rings. The third-order valence-corrected chi connectivity index (χ3v) is 5.75. The third kappa shape index (κ3) is 2.55. The number of nitrogens with zero attached hydrogens (tertiary/aromatic N) is 1. The monoisotopic (exact) mass is 307 g/mol. The normalized spacial score (nSPS) is 23.4. The smallest absolute Gasteiger partial charge is 0.122 e. The second-order valence-corrected chi connectivity index (χ2v) is 6.93. The van der Waals surface area contributed by atoms with Crippen molar-refractivity contribution in [3.05, 3.63) is 64.7 Å². The molecule has 2 aromatic carbocycles. The molecule has 1 saturated heterocycles. The van der Waals surface area contributed by atoms with Crippen LogP contribution in [-0.4, -0.2) is 24.6 Å². The van der Waals surface area contributed by atoms with Crippen molar-refractivity contribution in [1.29, 1.82) is 0 Å². The molecule has 0 saturated carbocycles. The maximum Gasteiger partial charge on any atom is 0.122 e. The number of aryl methyl sites for hydroxylation is 2. The van der Waals surface area contributed by atoms with E-state index in [4.69, 9.17) is 4.74 Å². The zero-order chi connectivity index (χ0) is 15.8. The molecule has 2 nitrogen and oxygen atoms in total. The van der Waals surface area contributed by atoms with Gasteiger partial charge in [0, 0.05) is 24.1 Å². The predicted molar refractivity (Wildman–Crippen MR) is 94.1 cm³/mol. The average Bonchev–Trinajstić information content (AvgIpc) is 2.99. The molecular formula is C21H25NO. The summed E-state index contributed by atoms with van der Waals surface area (Å²) in [6.45, 7) is 4.50. The summed E-state index contributed by atoms with van der Waals surface area (Å²) in [5.74, 6) is 1.73. The molecule has 2 heteroatoms. The van der Waals surface area contributed by atoms with Crippen LogP contribution in [0.3, 0.4) is 0 Å². The van der Waals surface area contributed by atoms with Crippen LogP contribution in [0.15, 0.2) is 42.5 Å². The summed E-state index contributed by atoms with van der Waals surface area (Å²) < 4.78 is 5.67. The molecule has 2 atom stereocenters. The Hall–Kier alpha value is -1.80. The fourth-order valence-corrected chi connectivity index (χ4v) is 4.55. The highest BCUT2D eigenvalue weighted by Crippen LogP contribution is 2.45. The highest BCUT2D eigenvalue weighted by atomic mass is 16.5. The standard InChI is InChI=1S/C21H25NO/c1-15-6-3-4-7-17(15)14-22-13-12-18-19(22)11-10-16-8-5-9-20(23-2)21(16)18/h3-9,18-19H,10-14H2,1-2H3. The van der Waals surface area contributed by atoms with Crippen molar-refractivity contribution in [3.63, 3.8) is 0 Å². The van der Waals surface area contributed by atoms with Gasteiger partial charge in [-0.2, -0.15) is 0 Å². The maximum absolute atomic E-state index is 5.67. The Kier molecular flexibility index (Phi) is 3.86. The molecular weight excluding hydrogens is 282 g/mol. The minimum absolute atomic E-state index is 0.638. The fraction of sp³-hybridized carbons (Fsp3) is 0.429. The van der Waals surface area contributed by atoms with E-state index in [1.165, 1.54) is 48.1 Å². The predicted octanol–water partition coefficient (Wildman–Crippen LogP) is 4.31. The number of ether oxygens (including phenoxy) is 1. The lowest BCUT2D eigenvalue weighted by Gasteiger charge is -2.34. The van der Waals surface area contributed by atoms with Gasteiger partial charge in [0.15, 0.2) is 0 Å². The van der Waals surface area contributed by atoms with E-state index in [-0.39, 0.29) is 0 Å². The molecule has 2 aromatic rings. The first-order valence-electron chi connectivity index (χ1n) is 8.72. The number of hydrogen-bond donors (Lipinski definition) is 0. The average molecular weight is 307 g/mol. The van der Waals surface area contributed by atoms with Gasteiger partial charge in [0.1, 0.15) is 5.75 Å². The van der Waals surface area contributed by atoms with Crippen LogP contribution in [0.5, 0.6) is 5.75 Å². The van der Waals surface area contributed by atoms with Crippen molar-refractivity contribution in [2.45, 2.75) is 44.7 Å². The van der Waals surface area contributed by atoms with Crippen LogP contribution in [-0.2, 0) is 13.0 Å². The van der Waals surface area contributed by atoms with E-state index < -0.39 is 0 Å². The molecule has 120 valence electrons. The lowest BCUT2D eigenvalue weighted by molar-refractivity contribution is 0.217. The number of fused-ring (bicyclic) bond motifs is 3. The summed E-state index contributed by atoms with van der Waals surface area (Å²) in [6.07, 6.45) is 3.71. The molecule has 0 N–H and O–H groups in total. The molecule has 23 heavy (non-hydrogen) atoms. The Morgan fingerprint density at radius 1 is 1.09 bits per heavy atom. The Labute approximate surface area is 139 Å². The lowest BCUT2D eigenvalue weighted by atomic mass is 9.79. The van der Waals surface area contributed by atoms with Gasteiger partial charge in [0.25, 0.3) is 0 Å². The molecule has 1 heterocycles. The summed E-state index contributed by atoms with van der Waals surface area (Å²) in [7, 11) is 1.80. The molecule has 1 aliphatic carbocycles. The first-order valence-corrected chi connectivity index (χ1v) is 8.72. The minimum Gasteiger partial charge on any atom is -0.496 e. The van der Waals surface area contributed by atoms with Gasteiger partial charge < -0.3 is 4.74 Å². The first-order chi connectivity index (χ1) is 11.3. The zero-order valence-corrected chi connectivity index (χ0v) is 14.1. The van der Waals surface area contributed by atoms with E-state index in [0.29, 0.717) is 12.0 Å². The Morgan fingerprint density at radius 2 is 1.96 bits per heavy atom. The molecule has 0 amide bonds. The molecule has 4 rings (SSSR count). The highest BCUT2D eigenvalue weighted by molar-refractivity contribution is 5.46. The van der Waals surface area contributed by atoms with Crippen LogP contribution in [0.2, 0.25) is 0 Å². The van der Waals surface area contributed by atoms with Crippen LogP contribution < -0.4 is 4.74 Å². The van der Waals surface area contributed by atoms with E-state index in [0.717, 1.165) is 12.3 Å². The zero-order valence-electron chi connectivity index (χ0n) is 14.1. The van der Waals surface area contributed by atoms with Crippen LogP contribution in [0.1, 0.15) is 41.0 Å². The van der Waals surface area contributed by atoms with Gasteiger partial charge in [0.2, 0.25) is 0 Å². The quantitative estimate of drug-likeness (QED) is 0.838. The van der Waals surface area contributed by atoms with Gasteiger partial charge in [-0.25, -0.2) is 0 Å². The number of benzene rings is 2. The molecule has 2 aliphatic rings. The minimum atomic E-state index is 0.638. The summed E-state index contributed by atoms with van der Waals surface area (Å²) >= 11 is 0. The van der Waals surface area contributed by atoms with Crippen molar-refractivity contribution < 1.29 is 4.74 Å². The number of likely N-dealkylation sites (tertiary alicyclic amines) is 1. The van der Waals surface area contributed by atoms with Crippen molar-refractivity contribution >= 4 is 0 Å². The van der Waals surface area contributed by atoms with Gasteiger partial charge in [0.05, 0.1) is 7.11 Å². The molecule has 0 aromatic heterocycles. The summed E-state index contributed by atoms with van der Waals surface area (Å²) in [5, 5.41) is 0. The fourth-order valence-electron chi connectivity index (χ4n) is 4.55. The van der Waals surface area contributed by atoms with Crippen LogP contribution in [0.25, 0.3) is 0 Å². The van der Waals surface area contributed by atoms with E-state index in [1.54, 1.807) is 7.11 Å². The SMILES string of the molecule is COc1cccc2c1C1CCN(Cc3ccccc3C)C1CC2. The summed E-state index contributed by atoms with van der Waals surface area (Å²) in [5.41, 5.74) is 5.87. The van der Waals surface area contributed by atoms with E-state index >= 15 is 0 Å². The second-order valence-electron chi connectivity index (χ2n) is 6.93. The van der Waals surface area contributed by atoms with Gasteiger partial charge in [-0.1, -0.05) is 36.4 Å². The Morgan fingerprint density at radius 3 is 2.78 bits per heavy atom. The third-order valence-electron chi connectivity index (χ3n) is 5.75. The van der Waals surface area contributed by atoms with Gasteiger partial charge in [-0.15, -0.1) is 0 Å². The molecule has 0 bridgehead atoms. The molecule has 0 radical (unpaired) electrons.